The summed E-state index contributed by atoms with van der Waals surface area (Å²) in [5.41, 5.74) is 7.52. The molecule has 4 aromatic carbocycles. The SMILES string of the molecule is O=C(CCCCCC(=O)Nc1cccc([C@H]2O[C@@H](CSc3nc(-c4ccccc4)c(-c4ccccc4)o3)C[C@@H](c3ccc(CO)cc3)O2)c1)NO. The zero-order valence-corrected chi connectivity index (χ0v) is 28.9. The number of ether oxygens (including phenoxy) is 2. The van der Waals surface area contributed by atoms with Crippen LogP contribution in [0.1, 0.15) is 67.6 Å². The number of nitrogens with one attached hydrogen (secondary N) is 2. The second-order valence-corrected chi connectivity index (χ2v) is 13.3. The van der Waals surface area contributed by atoms with E-state index in [0.29, 0.717) is 54.5 Å². The van der Waals surface area contributed by atoms with E-state index in [1.54, 1.807) is 5.48 Å². The van der Waals surface area contributed by atoms with Gasteiger partial charge < -0.3 is 24.3 Å². The Hall–Kier alpha value is -4.78. The van der Waals surface area contributed by atoms with E-state index in [4.69, 9.17) is 24.1 Å². The van der Waals surface area contributed by atoms with Gasteiger partial charge in [0.15, 0.2) is 12.1 Å². The zero-order valence-electron chi connectivity index (χ0n) is 28.1. The first-order valence-electron chi connectivity index (χ1n) is 17.1. The Morgan fingerprint density at radius 3 is 2.20 bits per heavy atom. The molecule has 0 aliphatic carbocycles. The Kier molecular flexibility index (Phi) is 12.7. The Bertz CT molecular complexity index is 1810. The van der Waals surface area contributed by atoms with E-state index < -0.39 is 12.2 Å². The van der Waals surface area contributed by atoms with Crippen LogP contribution in [0, 0.1) is 0 Å². The third kappa shape index (κ3) is 9.93. The monoisotopic (exact) mass is 707 g/mol. The van der Waals surface area contributed by atoms with Crippen molar-refractivity contribution in [1.29, 1.82) is 0 Å². The van der Waals surface area contributed by atoms with Gasteiger partial charge in [0.2, 0.25) is 11.8 Å². The minimum absolute atomic E-state index is 0.0394. The number of hydroxylamine groups is 1. The summed E-state index contributed by atoms with van der Waals surface area (Å²) in [6.45, 7) is -0.0394. The Labute approximate surface area is 301 Å². The number of amides is 2. The molecule has 3 atom stereocenters. The van der Waals surface area contributed by atoms with Crippen LogP contribution in [0.2, 0.25) is 0 Å². The summed E-state index contributed by atoms with van der Waals surface area (Å²) in [5.74, 6) is 0.714. The lowest BCUT2D eigenvalue weighted by Gasteiger charge is -2.36. The predicted octanol–water partition coefficient (Wildman–Crippen LogP) is 8.23. The third-order valence-corrected chi connectivity index (χ3v) is 9.53. The maximum absolute atomic E-state index is 12.7. The Morgan fingerprint density at radius 1 is 0.784 bits per heavy atom. The molecule has 0 unspecified atom stereocenters. The highest BCUT2D eigenvalue weighted by molar-refractivity contribution is 7.99. The molecule has 4 N–H and O–H groups in total. The maximum Gasteiger partial charge on any atom is 0.256 e. The van der Waals surface area contributed by atoms with Crippen molar-refractivity contribution in [2.75, 3.05) is 11.1 Å². The predicted molar refractivity (Wildman–Crippen MR) is 195 cm³/mol. The smallest absolute Gasteiger partial charge is 0.256 e. The van der Waals surface area contributed by atoms with Gasteiger partial charge in [0.25, 0.3) is 5.22 Å². The van der Waals surface area contributed by atoms with E-state index in [2.05, 4.69) is 5.32 Å². The zero-order chi connectivity index (χ0) is 35.4. The number of benzene rings is 4. The first kappa shape index (κ1) is 36.0. The lowest BCUT2D eigenvalue weighted by Crippen LogP contribution is -2.31. The van der Waals surface area contributed by atoms with Crippen molar-refractivity contribution in [3.63, 3.8) is 0 Å². The summed E-state index contributed by atoms with van der Waals surface area (Å²) in [4.78, 5) is 28.8. The number of rotatable bonds is 15. The fraction of sp³-hybridized carbons (Fsp3) is 0.275. The van der Waals surface area contributed by atoms with Crippen molar-refractivity contribution in [2.45, 2.75) is 68.9 Å². The summed E-state index contributed by atoms with van der Waals surface area (Å²) in [6.07, 6.45) is 1.82. The second-order valence-electron chi connectivity index (χ2n) is 12.3. The molecule has 10 nitrogen and oxygen atoms in total. The summed E-state index contributed by atoms with van der Waals surface area (Å²) < 4.78 is 19.5. The molecule has 0 spiro atoms. The molecule has 1 aliphatic heterocycles. The molecule has 6 rings (SSSR count). The summed E-state index contributed by atoms with van der Waals surface area (Å²) >= 11 is 1.49. The Balaban J connectivity index is 1.16. The van der Waals surface area contributed by atoms with Crippen LogP contribution < -0.4 is 10.8 Å². The third-order valence-electron chi connectivity index (χ3n) is 8.57. The highest BCUT2D eigenvalue weighted by Crippen LogP contribution is 2.41. The van der Waals surface area contributed by atoms with E-state index in [1.165, 1.54) is 11.8 Å². The van der Waals surface area contributed by atoms with Gasteiger partial charge in [-0.1, -0.05) is 115 Å². The molecule has 0 bridgehead atoms. The number of hydrogen-bond donors (Lipinski definition) is 4. The molecule has 264 valence electrons. The average Bonchev–Trinajstić information content (AvgIpc) is 3.62. The molecule has 5 aromatic rings. The number of nitrogens with zero attached hydrogens (tertiary/aromatic N) is 1. The van der Waals surface area contributed by atoms with E-state index in [0.717, 1.165) is 33.5 Å². The van der Waals surface area contributed by atoms with Gasteiger partial charge >= 0.3 is 0 Å². The van der Waals surface area contributed by atoms with Crippen LogP contribution in [0.4, 0.5) is 5.69 Å². The van der Waals surface area contributed by atoms with Crippen molar-refractivity contribution in [3.05, 3.63) is 126 Å². The topological polar surface area (TPSA) is 143 Å². The van der Waals surface area contributed by atoms with Gasteiger partial charge in [0.05, 0.1) is 18.8 Å². The van der Waals surface area contributed by atoms with Crippen LogP contribution >= 0.6 is 11.8 Å². The lowest BCUT2D eigenvalue weighted by molar-refractivity contribution is -0.245. The lowest BCUT2D eigenvalue weighted by atomic mass is 10.0. The summed E-state index contributed by atoms with van der Waals surface area (Å²) in [6, 6.07) is 35.2. The van der Waals surface area contributed by atoms with Gasteiger partial charge in [0.1, 0.15) is 5.69 Å². The molecule has 2 heterocycles. The quantitative estimate of drug-likeness (QED) is 0.0366. The van der Waals surface area contributed by atoms with Crippen LogP contribution in [-0.4, -0.2) is 39.0 Å². The highest BCUT2D eigenvalue weighted by atomic mass is 32.2. The van der Waals surface area contributed by atoms with E-state index in [-0.39, 0.29) is 31.1 Å². The largest absolute Gasteiger partial charge is 0.431 e. The van der Waals surface area contributed by atoms with Gasteiger partial charge in [-0.3, -0.25) is 14.8 Å². The molecule has 1 aliphatic rings. The second kappa shape index (κ2) is 17.9. The fourth-order valence-corrected chi connectivity index (χ4v) is 6.76. The summed E-state index contributed by atoms with van der Waals surface area (Å²) in [7, 11) is 0. The molecular weight excluding hydrogens is 667 g/mol. The van der Waals surface area contributed by atoms with Gasteiger partial charge in [-0.15, -0.1) is 0 Å². The highest BCUT2D eigenvalue weighted by Gasteiger charge is 2.33. The molecule has 11 heteroatoms. The standard InChI is InChI=1S/C40H41N3O7S/c44-25-27-19-21-28(22-20-27)34-24-33(26-51-40-42-37(29-11-4-1-5-12-29)38(50-40)30-13-6-2-7-14-30)48-39(49-34)31-15-10-16-32(23-31)41-35(45)17-8-3-9-18-36(46)43-47/h1-2,4-7,10-16,19-23,33-34,39,44,47H,3,8-9,17-18,24-26H2,(H,41,45)(H,43,46)/t33-,34+,39+/m1/s1. The van der Waals surface area contributed by atoms with Gasteiger partial charge in [-0.2, -0.15) is 0 Å². The number of carbonyl (C=O) groups is 2. The number of unbranched alkanes of at least 4 members (excludes halogenated alkanes) is 2. The number of thioether (sulfide) groups is 1. The van der Waals surface area contributed by atoms with Crippen LogP contribution in [0.5, 0.6) is 0 Å². The molecule has 2 amide bonds. The first-order chi connectivity index (χ1) is 25.0. The molecular formula is C40H41N3O7S. The normalized spacial score (nSPS) is 17.2. The number of aliphatic hydroxyl groups excluding tert-OH is 1. The maximum atomic E-state index is 12.7. The van der Waals surface area contributed by atoms with Crippen LogP contribution in [0.3, 0.4) is 0 Å². The molecule has 0 saturated carbocycles. The first-order valence-corrected chi connectivity index (χ1v) is 18.1. The Morgan fingerprint density at radius 2 is 1.49 bits per heavy atom. The van der Waals surface area contributed by atoms with Crippen molar-refractivity contribution >= 4 is 29.3 Å². The number of aromatic nitrogens is 1. The average molecular weight is 708 g/mol. The van der Waals surface area contributed by atoms with E-state index >= 15 is 0 Å². The van der Waals surface area contributed by atoms with Crippen molar-refractivity contribution in [1.82, 2.24) is 10.5 Å². The van der Waals surface area contributed by atoms with Crippen molar-refractivity contribution in [3.8, 4) is 22.6 Å². The minimum Gasteiger partial charge on any atom is -0.431 e. The van der Waals surface area contributed by atoms with E-state index in [1.807, 2.05) is 109 Å². The number of oxazole rings is 1. The van der Waals surface area contributed by atoms with Crippen LogP contribution in [0.25, 0.3) is 22.6 Å². The van der Waals surface area contributed by atoms with Crippen molar-refractivity contribution < 1.29 is 33.8 Å². The molecule has 1 aromatic heterocycles. The van der Waals surface area contributed by atoms with Gasteiger partial charge in [-0.25, -0.2) is 10.5 Å². The van der Waals surface area contributed by atoms with Gasteiger partial charge in [0, 0.05) is 47.4 Å². The van der Waals surface area contributed by atoms with Crippen LogP contribution in [-0.2, 0) is 25.7 Å². The molecule has 1 saturated heterocycles. The van der Waals surface area contributed by atoms with Crippen LogP contribution in [0.15, 0.2) is 119 Å². The summed E-state index contributed by atoms with van der Waals surface area (Å²) in [5, 5.41) is 21.7. The number of anilines is 1. The van der Waals surface area contributed by atoms with Gasteiger partial charge in [-0.05, 0) is 36.1 Å². The minimum atomic E-state index is -0.703. The molecule has 51 heavy (non-hydrogen) atoms. The number of carbonyl (C=O) groups excluding carboxylic acids is 2. The molecule has 0 radical (unpaired) electrons. The molecule has 1 fully saturated rings. The fourth-order valence-electron chi connectivity index (χ4n) is 5.92. The van der Waals surface area contributed by atoms with Crippen molar-refractivity contribution in [2.24, 2.45) is 0 Å². The number of aliphatic hydroxyl groups is 1. The number of hydrogen-bond acceptors (Lipinski definition) is 9. The van der Waals surface area contributed by atoms with E-state index in [9.17, 15) is 14.7 Å².